The number of aromatic nitrogens is 4. The molecule has 0 unspecified atom stereocenters. The Labute approximate surface area is 157 Å². The van der Waals surface area contributed by atoms with Crippen LogP contribution in [0.4, 0.5) is 0 Å². The molecule has 1 N–H and O–H groups in total. The summed E-state index contributed by atoms with van der Waals surface area (Å²) in [6.07, 6.45) is 7.19. The van der Waals surface area contributed by atoms with Crippen molar-refractivity contribution >= 4 is 5.91 Å². The Morgan fingerprint density at radius 2 is 1.74 bits per heavy atom. The topological polar surface area (TPSA) is 64.7 Å². The molecule has 0 aliphatic carbocycles. The van der Waals surface area contributed by atoms with Crippen LogP contribution < -0.4 is 5.32 Å². The van der Waals surface area contributed by atoms with Gasteiger partial charge in [0.15, 0.2) is 0 Å². The molecule has 0 fully saturated rings. The molecule has 6 heteroatoms. The number of hydrogen-bond acceptors (Lipinski definition) is 3. The first kappa shape index (κ1) is 16.8. The van der Waals surface area contributed by atoms with Gasteiger partial charge in [-0.2, -0.15) is 5.10 Å². The summed E-state index contributed by atoms with van der Waals surface area (Å²) in [6, 6.07) is 18.7. The number of carbonyl (C=O) groups excluding carboxylic acids is 1. The molecule has 0 aliphatic rings. The average molecular weight is 357 g/mol. The molecule has 4 aromatic rings. The van der Waals surface area contributed by atoms with Gasteiger partial charge >= 0.3 is 0 Å². The summed E-state index contributed by atoms with van der Waals surface area (Å²) in [6.45, 7) is 0. The summed E-state index contributed by atoms with van der Waals surface area (Å²) in [5.74, 6) is 0.626. The number of amides is 1. The molecule has 0 saturated carbocycles. The Kier molecular flexibility index (Phi) is 4.53. The number of aryl methyl sites for hydroxylation is 1. The van der Waals surface area contributed by atoms with Crippen molar-refractivity contribution in [3.8, 4) is 5.69 Å². The fourth-order valence-corrected chi connectivity index (χ4v) is 3.00. The van der Waals surface area contributed by atoms with Crippen LogP contribution in [0.3, 0.4) is 0 Å². The molecule has 27 heavy (non-hydrogen) atoms. The average Bonchev–Trinajstić information content (AvgIpc) is 3.39. The van der Waals surface area contributed by atoms with Gasteiger partial charge in [0.25, 0.3) is 5.91 Å². The number of nitrogens with zero attached hydrogens (tertiary/aromatic N) is 4. The number of carbonyl (C=O) groups is 1. The molecule has 2 aromatic carbocycles. The van der Waals surface area contributed by atoms with Crippen LogP contribution in [0.2, 0.25) is 0 Å². The van der Waals surface area contributed by atoms with Crippen LogP contribution in [0.1, 0.15) is 27.8 Å². The third-order valence-electron chi connectivity index (χ3n) is 4.42. The highest BCUT2D eigenvalue weighted by Crippen LogP contribution is 2.21. The van der Waals surface area contributed by atoms with E-state index in [2.05, 4.69) is 15.4 Å². The van der Waals surface area contributed by atoms with Crippen molar-refractivity contribution in [2.45, 2.75) is 6.04 Å². The first-order valence-corrected chi connectivity index (χ1v) is 8.65. The highest BCUT2D eigenvalue weighted by atomic mass is 16.1. The Morgan fingerprint density at radius 3 is 2.37 bits per heavy atom. The number of nitrogens with one attached hydrogen (secondary N) is 1. The molecular formula is C21H19N5O. The van der Waals surface area contributed by atoms with Crippen molar-refractivity contribution in [1.29, 1.82) is 0 Å². The van der Waals surface area contributed by atoms with Gasteiger partial charge in [0.2, 0.25) is 0 Å². The third-order valence-corrected chi connectivity index (χ3v) is 4.42. The van der Waals surface area contributed by atoms with Crippen LogP contribution in [0, 0.1) is 0 Å². The van der Waals surface area contributed by atoms with Gasteiger partial charge in [0, 0.05) is 37.4 Å². The second kappa shape index (κ2) is 7.29. The van der Waals surface area contributed by atoms with Crippen LogP contribution >= 0.6 is 0 Å². The van der Waals surface area contributed by atoms with Crippen molar-refractivity contribution < 1.29 is 4.79 Å². The molecule has 2 aromatic heterocycles. The number of hydrogen-bond donors (Lipinski definition) is 1. The highest BCUT2D eigenvalue weighted by molar-refractivity contribution is 5.94. The van der Waals surface area contributed by atoms with Crippen LogP contribution in [-0.4, -0.2) is 25.2 Å². The summed E-state index contributed by atoms with van der Waals surface area (Å²) in [5, 5.41) is 7.30. The Balaban J connectivity index is 1.59. The van der Waals surface area contributed by atoms with Gasteiger partial charge in [-0.15, -0.1) is 0 Å². The molecule has 0 aliphatic heterocycles. The summed E-state index contributed by atoms with van der Waals surface area (Å²) < 4.78 is 3.67. The van der Waals surface area contributed by atoms with Gasteiger partial charge in [-0.1, -0.05) is 30.3 Å². The van der Waals surface area contributed by atoms with Gasteiger partial charge in [-0.25, -0.2) is 9.67 Å². The minimum Gasteiger partial charge on any atom is -0.338 e. The Hall–Kier alpha value is -3.67. The second-order valence-corrected chi connectivity index (χ2v) is 6.21. The Morgan fingerprint density at radius 1 is 0.963 bits per heavy atom. The second-order valence-electron chi connectivity index (χ2n) is 6.21. The Bertz CT molecular complexity index is 1020. The number of benzene rings is 2. The lowest BCUT2D eigenvalue weighted by Gasteiger charge is -2.19. The van der Waals surface area contributed by atoms with E-state index in [-0.39, 0.29) is 11.9 Å². The molecule has 0 saturated heterocycles. The van der Waals surface area contributed by atoms with Gasteiger partial charge in [0.05, 0.1) is 5.69 Å². The lowest BCUT2D eigenvalue weighted by molar-refractivity contribution is 0.0941. The van der Waals surface area contributed by atoms with Crippen LogP contribution in [0.5, 0.6) is 0 Å². The van der Waals surface area contributed by atoms with E-state index in [1.807, 2.05) is 72.5 Å². The predicted molar refractivity (Wildman–Crippen MR) is 103 cm³/mol. The van der Waals surface area contributed by atoms with Crippen molar-refractivity contribution in [2.24, 2.45) is 7.05 Å². The quantitative estimate of drug-likeness (QED) is 0.597. The third kappa shape index (κ3) is 3.50. The molecule has 1 amide bonds. The van der Waals surface area contributed by atoms with Gasteiger partial charge < -0.3 is 9.88 Å². The van der Waals surface area contributed by atoms with Gasteiger partial charge in [0.1, 0.15) is 11.9 Å². The first-order chi connectivity index (χ1) is 13.2. The molecular weight excluding hydrogens is 338 g/mol. The molecule has 1 atom stereocenters. The van der Waals surface area contributed by atoms with Crippen molar-refractivity contribution in [3.63, 3.8) is 0 Å². The largest absolute Gasteiger partial charge is 0.338 e. The van der Waals surface area contributed by atoms with Crippen LogP contribution in [0.25, 0.3) is 5.69 Å². The summed E-state index contributed by atoms with van der Waals surface area (Å²) >= 11 is 0. The minimum atomic E-state index is -0.329. The summed E-state index contributed by atoms with van der Waals surface area (Å²) in [5.41, 5.74) is 2.47. The van der Waals surface area contributed by atoms with E-state index in [1.54, 1.807) is 29.2 Å². The van der Waals surface area contributed by atoms with Crippen LogP contribution in [0.15, 0.2) is 85.5 Å². The lowest BCUT2D eigenvalue weighted by atomic mass is 10.1. The lowest BCUT2D eigenvalue weighted by Crippen LogP contribution is -2.31. The van der Waals surface area contributed by atoms with E-state index < -0.39 is 0 Å². The molecule has 4 rings (SSSR count). The number of imidazole rings is 1. The van der Waals surface area contributed by atoms with Gasteiger partial charge in [-0.3, -0.25) is 4.79 Å². The van der Waals surface area contributed by atoms with E-state index in [0.29, 0.717) is 5.56 Å². The highest BCUT2D eigenvalue weighted by Gasteiger charge is 2.21. The maximum atomic E-state index is 12.9. The zero-order valence-electron chi connectivity index (χ0n) is 14.9. The zero-order chi connectivity index (χ0) is 18.6. The summed E-state index contributed by atoms with van der Waals surface area (Å²) in [7, 11) is 1.92. The molecule has 0 spiro atoms. The minimum absolute atomic E-state index is 0.154. The normalized spacial score (nSPS) is 11.9. The predicted octanol–water partition coefficient (Wildman–Crippen LogP) is 3.13. The molecule has 0 radical (unpaired) electrons. The van der Waals surface area contributed by atoms with E-state index in [9.17, 15) is 4.79 Å². The van der Waals surface area contributed by atoms with Crippen LogP contribution in [-0.2, 0) is 7.05 Å². The molecule has 134 valence electrons. The molecule has 0 bridgehead atoms. The molecule has 2 heterocycles. The fraction of sp³-hybridized carbons (Fsp3) is 0.0952. The van der Waals surface area contributed by atoms with Crippen molar-refractivity contribution in [1.82, 2.24) is 24.6 Å². The van der Waals surface area contributed by atoms with Gasteiger partial charge in [-0.05, 0) is 35.9 Å². The maximum absolute atomic E-state index is 12.9. The van der Waals surface area contributed by atoms with E-state index >= 15 is 0 Å². The maximum Gasteiger partial charge on any atom is 0.252 e. The SMILES string of the molecule is Cn1ccnc1[C@@H](NC(=O)c1ccc(-n2cccn2)cc1)c1ccccc1. The van der Waals surface area contributed by atoms with Crippen molar-refractivity contribution in [2.75, 3.05) is 0 Å². The fourth-order valence-electron chi connectivity index (χ4n) is 3.00. The van der Waals surface area contributed by atoms with E-state index in [0.717, 1.165) is 17.1 Å². The summed E-state index contributed by atoms with van der Waals surface area (Å²) in [4.78, 5) is 17.3. The van der Waals surface area contributed by atoms with Crippen molar-refractivity contribution in [3.05, 3.63) is 102 Å². The number of rotatable bonds is 5. The monoisotopic (exact) mass is 357 g/mol. The zero-order valence-corrected chi connectivity index (χ0v) is 14.9. The van der Waals surface area contributed by atoms with E-state index in [4.69, 9.17) is 0 Å². The first-order valence-electron chi connectivity index (χ1n) is 8.65. The van der Waals surface area contributed by atoms with E-state index in [1.165, 1.54) is 0 Å². The standard InChI is InChI=1S/C21H19N5O/c1-25-15-13-22-20(25)19(16-6-3-2-4-7-16)24-21(27)17-8-10-18(11-9-17)26-14-5-12-23-26/h2-15,19H,1H3,(H,24,27)/t19-/m0/s1. The smallest absolute Gasteiger partial charge is 0.252 e. The molecule has 6 nitrogen and oxygen atoms in total.